The lowest BCUT2D eigenvalue weighted by atomic mass is 9.79. The lowest BCUT2D eigenvalue weighted by molar-refractivity contribution is -0.139. The largest absolute Gasteiger partial charge is 0.491 e. The van der Waals surface area contributed by atoms with Crippen LogP contribution in [0.15, 0.2) is 30.3 Å². The summed E-state index contributed by atoms with van der Waals surface area (Å²) in [4.78, 5) is 12.3. The van der Waals surface area contributed by atoms with E-state index in [0.29, 0.717) is 28.9 Å². The number of hydrogen-bond donors (Lipinski definition) is 4. The van der Waals surface area contributed by atoms with E-state index in [1.54, 1.807) is 18.2 Å². The molecule has 0 saturated carbocycles. The van der Waals surface area contributed by atoms with Crippen molar-refractivity contribution < 1.29 is 24.1 Å². The van der Waals surface area contributed by atoms with E-state index in [-0.39, 0.29) is 34.7 Å². The van der Waals surface area contributed by atoms with Crippen LogP contribution in [0.2, 0.25) is 10.0 Å². The van der Waals surface area contributed by atoms with Crippen LogP contribution in [-0.2, 0) is 4.79 Å². The van der Waals surface area contributed by atoms with Crippen molar-refractivity contribution in [2.45, 2.75) is 51.2 Å². The van der Waals surface area contributed by atoms with Gasteiger partial charge >= 0.3 is 5.97 Å². The first kappa shape index (κ1) is 25.7. The fourth-order valence-corrected chi connectivity index (χ4v) is 5.03. The molecule has 1 unspecified atom stereocenters. The molecule has 0 spiro atoms. The summed E-state index contributed by atoms with van der Waals surface area (Å²) in [5.74, 6) is -2.04. The van der Waals surface area contributed by atoms with Crippen LogP contribution in [0.25, 0.3) is 11.1 Å². The van der Waals surface area contributed by atoms with E-state index in [1.807, 2.05) is 0 Å². The van der Waals surface area contributed by atoms with Crippen LogP contribution in [0.1, 0.15) is 38.7 Å². The van der Waals surface area contributed by atoms with Crippen LogP contribution in [-0.4, -0.2) is 47.5 Å². The average Bonchev–Trinajstić information content (AvgIpc) is 3.00. The molecule has 0 radical (unpaired) electrons. The van der Waals surface area contributed by atoms with E-state index >= 15 is 0 Å². The number of carboxylic acids is 1. The van der Waals surface area contributed by atoms with Crippen molar-refractivity contribution in [2.24, 2.45) is 11.1 Å². The lowest BCUT2D eigenvalue weighted by Gasteiger charge is -2.29. The van der Waals surface area contributed by atoms with Gasteiger partial charge in [0, 0.05) is 39.2 Å². The molecule has 0 amide bonds. The molecule has 4 atom stereocenters. The maximum absolute atomic E-state index is 14.3. The van der Waals surface area contributed by atoms with E-state index in [2.05, 4.69) is 26.1 Å². The minimum absolute atomic E-state index is 0.0173. The van der Waals surface area contributed by atoms with Gasteiger partial charge in [0.2, 0.25) is 0 Å². The van der Waals surface area contributed by atoms with Gasteiger partial charge < -0.3 is 20.7 Å². The van der Waals surface area contributed by atoms with Gasteiger partial charge in [-0.3, -0.25) is 10.1 Å². The minimum atomic E-state index is -1.07. The highest BCUT2D eigenvalue weighted by Gasteiger charge is 2.48. The number of aliphatic hydroxyl groups is 1. The molecule has 33 heavy (non-hydrogen) atoms. The number of nitrogens with two attached hydrogens (primary N) is 1. The van der Waals surface area contributed by atoms with Crippen LogP contribution in [0.4, 0.5) is 4.39 Å². The molecule has 5 N–H and O–H groups in total. The van der Waals surface area contributed by atoms with Crippen molar-refractivity contribution >= 4 is 29.2 Å². The van der Waals surface area contributed by atoms with E-state index in [0.717, 1.165) is 0 Å². The Morgan fingerprint density at radius 1 is 1.24 bits per heavy atom. The molecule has 180 valence electrons. The van der Waals surface area contributed by atoms with Crippen LogP contribution in [0, 0.1) is 11.2 Å². The smallest absolute Gasteiger partial charge is 0.321 e. The number of hydrogen-bond acceptors (Lipinski definition) is 5. The van der Waals surface area contributed by atoms with Crippen molar-refractivity contribution in [3.05, 3.63) is 51.8 Å². The summed E-state index contributed by atoms with van der Waals surface area (Å²) in [5.41, 5.74) is 7.80. The maximum atomic E-state index is 14.3. The lowest BCUT2D eigenvalue weighted by Crippen LogP contribution is -2.41. The maximum Gasteiger partial charge on any atom is 0.321 e. The number of carboxylic acid groups (broad SMARTS) is 1. The number of carbonyl (C=O) groups is 1. The standard InChI is InChI=1S/C24H29Cl2FN2O4/c1-24(2,3)11-16-21(28)20(22(29-16)23(31)32)19-17(33-7-6-30)5-4-15(26)18(19)12-8-13(25)10-14(27)9-12/h4-5,8-10,16,20-22,29-30H,6-7,11,28H2,1-3H3,(H,31,32)/t16-,20+,21?,22+/m0/s1. The highest BCUT2D eigenvalue weighted by molar-refractivity contribution is 6.34. The van der Waals surface area contributed by atoms with Crippen LogP contribution < -0.4 is 15.8 Å². The predicted octanol–water partition coefficient (Wildman–Crippen LogP) is 4.44. The molecule has 3 rings (SSSR count). The van der Waals surface area contributed by atoms with Crippen LogP contribution >= 0.6 is 23.2 Å². The molecule has 1 aliphatic rings. The van der Waals surface area contributed by atoms with Gasteiger partial charge in [-0.2, -0.15) is 0 Å². The SMILES string of the molecule is CC(C)(C)C[C@@H]1N[C@@H](C(=O)O)[C@H](c2c(OCCO)ccc(Cl)c2-c2cc(F)cc(Cl)c2)C1N. The Labute approximate surface area is 202 Å². The molecule has 1 heterocycles. The molecule has 0 aliphatic carbocycles. The molecule has 1 saturated heterocycles. The third-order valence-electron chi connectivity index (χ3n) is 5.72. The first-order valence-electron chi connectivity index (χ1n) is 10.7. The fraction of sp³-hybridized carbons (Fsp3) is 0.458. The van der Waals surface area contributed by atoms with Crippen molar-refractivity contribution in [2.75, 3.05) is 13.2 Å². The fourth-order valence-electron chi connectivity index (χ4n) is 4.53. The number of rotatable bonds is 7. The van der Waals surface area contributed by atoms with E-state index in [4.69, 9.17) is 33.7 Å². The molecule has 9 heteroatoms. The Bertz CT molecular complexity index is 1010. The summed E-state index contributed by atoms with van der Waals surface area (Å²) >= 11 is 12.7. The Hall–Kier alpha value is -1.90. The molecule has 2 aromatic carbocycles. The van der Waals surface area contributed by atoms with Gasteiger partial charge in [-0.15, -0.1) is 0 Å². The number of halogens is 3. The van der Waals surface area contributed by atoms with Gasteiger partial charge in [0.05, 0.1) is 6.61 Å². The van der Waals surface area contributed by atoms with Crippen molar-refractivity contribution in [1.29, 1.82) is 0 Å². The summed E-state index contributed by atoms with van der Waals surface area (Å²) in [6, 6.07) is 5.30. The van der Waals surface area contributed by atoms with Crippen molar-refractivity contribution in [3.8, 4) is 16.9 Å². The number of aliphatic carboxylic acids is 1. The van der Waals surface area contributed by atoms with Crippen LogP contribution in [0.3, 0.4) is 0 Å². The topological polar surface area (TPSA) is 105 Å². The molecular formula is C24H29Cl2FN2O4. The molecule has 2 aromatic rings. The third kappa shape index (κ3) is 5.78. The molecule has 0 bridgehead atoms. The highest BCUT2D eigenvalue weighted by Crippen LogP contribution is 2.47. The van der Waals surface area contributed by atoms with E-state index in [1.165, 1.54) is 12.1 Å². The summed E-state index contributed by atoms with van der Waals surface area (Å²) in [6.45, 7) is 5.91. The first-order chi connectivity index (χ1) is 15.4. The second-order valence-electron chi connectivity index (χ2n) is 9.52. The Morgan fingerprint density at radius 2 is 1.94 bits per heavy atom. The zero-order chi connectivity index (χ0) is 24.5. The number of aliphatic hydroxyl groups excluding tert-OH is 1. The van der Waals surface area contributed by atoms with Gasteiger partial charge in [-0.25, -0.2) is 4.39 Å². The Morgan fingerprint density at radius 3 is 2.52 bits per heavy atom. The minimum Gasteiger partial charge on any atom is -0.491 e. The quantitative estimate of drug-likeness (QED) is 0.449. The third-order valence-corrected chi connectivity index (χ3v) is 6.25. The molecular weight excluding hydrogens is 470 g/mol. The second kappa shape index (κ2) is 10.2. The molecule has 1 aliphatic heterocycles. The normalized spacial score (nSPS) is 23.0. The number of nitrogens with one attached hydrogen (secondary N) is 1. The van der Waals surface area contributed by atoms with Crippen molar-refractivity contribution in [1.82, 2.24) is 5.32 Å². The zero-order valence-corrected chi connectivity index (χ0v) is 20.3. The Kier molecular flexibility index (Phi) is 7.91. The molecule has 0 aromatic heterocycles. The van der Waals surface area contributed by atoms with Gasteiger partial charge in [0.1, 0.15) is 24.2 Å². The zero-order valence-electron chi connectivity index (χ0n) is 18.7. The monoisotopic (exact) mass is 498 g/mol. The first-order valence-corrected chi connectivity index (χ1v) is 11.5. The number of ether oxygens (including phenoxy) is 1. The summed E-state index contributed by atoms with van der Waals surface area (Å²) in [5, 5.41) is 23.0. The van der Waals surface area contributed by atoms with Gasteiger partial charge in [-0.1, -0.05) is 44.0 Å². The predicted molar refractivity (Wildman–Crippen MR) is 128 cm³/mol. The average molecular weight is 499 g/mol. The van der Waals surface area contributed by atoms with E-state index in [9.17, 15) is 19.4 Å². The second-order valence-corrected chi connectivity index (χ2v) is 10.4. The summed E-state index contributed by atoms with van der Waals surface area (Å²) in [6.07, 6.45) is 0.642. The molecule has 6 nitrogen and oxygen atoms in total. The molecule has 1 fully saturated rings. The summed E-state index contributed by atoms with van der Waals surface area (Å²) in [7, 11) is 0. The van der Waals surface area contributed by atoms with Crippen molar-refractivity contribution in [3.63, 3.8) is 0 Å². The van der Waals surface area contributed by atoms with Crippen LogP contribution in [0.5, 0.6) is 5.75 Å². The Balaban J connectivity index is 2.25. The number of benzene rings is 2. The van der Waals surface area contributed by atoms with Gasteiger partial charge in [-0.05, 0) is 47.7 Å². The van der Waals surface area contributed by atoms with Gasteiger partial charge in [0.15, 0.2) is 0 Å². The summed E-state index contributed by atoms with van der Waals surface area (Å²) < 4.78 is 20.0. The van der Waals surface area contributed by atoms with Gasteiger partial charge in [0.25, 0.3) is 0 Å². The van der Waals surface area contributed by atoms with E-state index < -0.39 is 29.8 Å². The highest BCUT2D eigenvalue weighted by atomic mass is 35.5.